The number of amides is 1. The Hall–Kier alpha value is -2.70. The Bertz CT molecular complexity index is 985. The highest BCUT2D eigenvalue weighted by molar-refractivity contribution is 7.15. The highest BCUT2D eigenvalue weighted by Crippen LogP contribution is 2.36. The van der Waals surface area contributed by atoms with E-state index in [2.05, 4.69) is 5.32 Å². The molecule has 0 spiro atoms. The number of hydrogen-bond acceptors (Lipinski definition) is 4. The molecule has 0 saturated carbocycles. The van der Waals surface area contributed by atoms with Crippen LogP contribution in [0.15, 0.2) is 53.9 Å². The van der Waals surface area contributed by atoms with E-state index >= 15 is 0 Å². The molecule has 1 amide bonds. The molecule has 1 heterocycles. The molecular formula is C20H15ClFNO3S. The number of nitrogens with one attached hydrogen (secondary N) is 1. The van der Waals surface area contributed by atoms with Crippen LogP contribution in [0.1, 0.15) is 27.6 Å². The first kappa shape index (κ1) is 19.1. The van der Waals surface area contributed by atoms with E-state index in [0.29, 0.717) is 26.7 Å². The summed E-state index contributed by atoms with van der Waals surface area (Å²) in [5.41, 5.74) is 1.74. The number of ether oxygens (including phenoxy) is 1. The van der Waals surface area contributed by atoms with Gasteiger partial charge < -0.3 is 10.1 Å². The van der Waals surface area contributed by atoms with Crippen LogP contribution in [-0.4, -0.2) is 18.5 Å². The molecule has 3 rings (SSSR count). The third-order valence-electron chi connectivity index (χ3n) is 3.77. The summed E-state index contributed by atoms with van der Waals surface area (Å²) >= 11 is 7.26. The quantitative estimate of drug-likeness (QED) is 0.561. The first-order valence-corrected chi connectivity index (χ1v) is 9.37. The second-order valence-corrected chi connectivity index (χ2v) is 6.80. The largest absolute Gasteiger partial charge is 0.462 e. The van der Waals surface area contributed by atoms with Gasteiger partial charge >= 0.3 is 5.97 Å². The highest BCUT2D eigenvalue weighted by Gasteiger charge is 2.23. The lowest BCUT2D eigenvalue weighted by atomic mass is 10.0. The van der Waals surface area contributed by atoms with Crippen molar-refractivity contribution in [1.82, 2.24) is 0 Å². The van der Waals surface area contributed by atoms with E-state index < -0.39 is 11.9 Å². The molecule has 3 aromatic rings. The predicted molar refractivity (Wildman–Crippen MR) is 105 cm³/mol. The fourth-order valence-corrected chi connectivity index (χ4v) is 3.69. The Balaban J connectivity index is 2.00. The number of anilines is 1. The lowest BCUT2D eigenvalue weighted by Crippen LogP contribution is -2.15. The molecule has 4 nitrogen and oxygen atoms in total. The van der Waals surface area contributed by atoms with Gasteiger partial charge in [-0.3, -0.25) is 4.79 Å². The minimum Gasteiger partial charge on any atom is -0.462 e. The summed E-state index contributed by atoms with van der Waals surface area (Å²) in [6.45, 7) is 1.89. The van der Waals surface area contributed by atoms with Crippen LogP contribution in [0, 0.1) is 5.82 Å². The molecule has 0 unspecified atom stereocenters. The number of rotatable bonds is 5. The summed E-state index contributed by atoms with van der Waals surface area (Å²) in [6, 6.07) is 12.4. The molecule has 1 N–H and O–H groups in total. The van der Waals surface area contributed by atoms with Gasteiger partial charge in [0.2, 0.25) is 0 Å². The van der Waals surface area contributed by atoms with Gasteiger partial charge in [0, 0.05) is 10.9 Å². The molecule has 0 aliphatic rings. The molecular weight excluding hydrogens is 389 g/mol. The molecule has 0 bridgehead atoms. The fraction of sp³-hybridized carbons (Fsp3) is 0.100. The van der Waals surface area contributed by atoms with Gasteiger partial charge in [0.1, 0.15) is 16.4 Å². The molecule has 0 radical (unpaired) electrons. The first-order valence-electron chi connectivity index (χ1n) is 8.11. The van der Waals surface area contributed by atoms with Crippen LogP contribution in [0.5, 0.6) is 0 Å². The van der Waals surface area contributed by atoms with Gasteiger partial charge in [0.25, 0.3) is 5.91 Å². The maximum absolute atomic E-state index is 13.2. The van der Waals surface area contributed by atoms with Crippen LogP contribution in [0.3, 0.4) is 0 Å². The van der Waals surface area contributed by atoms with Crippen LogP contribution in [0.4, 0.5) is 9.39 Å². The molecule has 0 aliphatic carbocycles. The monoisotopic (exact) mass is 403 g/mol. The van der Waals surface area contributed by atoms with E-state index in [1.165, 1.54) is 23.5 Å². The minimum absolute atomic E-state index is 0.190. The molecule has 7 heteroatoms. The Morgan fingerprint density at radius 2 is 1.85 bits per heavy atom. The number of halogens is 2. The van der Waals surface area contributed by atoms with Crippen LogP contribution in [0.25, 0.3) is 11.1 Å². The molecule has 1 aromatic heterocycles. The van der Waals surface area contributed by atoms with Crippen molar-refractivity contribution in [1.29, 1.82) is 0 Å². The van der Waals surface area contributed by atoms with E-state index in [0.717, 1.165) is 0 Å². The van der Waals surface area contributed by atoms with Crippen LogP contribution in [0.2, 0.25) is 5.02 Å². The molecule has 27 heavy (non-hydrogen) atoms. The number of carbonyl (C=O) groups excluding carboxylic acids is 2. The highest BCUT2D eigenvalue weighted by atomic mass is 35.5. The SMILES string of the molecule is CCOC(=O)c1c(-c2ccc(F)cc2)csc1NC(=O)c1ccccc1Cl. The van der Waals surface area contributed by atoms with Crippen molar-refractivity contribution in [3.05, 3.63) is 75.9 Å². The molecule has 138 valence electrons. The van der Waals surface area contributed by atoms with Gasteiger partial charge in [-0.1, -0.05) is 35.9 Å². The zero-order chi connectivity index (χ0) is 19.4. The van der Waals surface area contributed by atoms with Gasteiger partial charge in [-0.25, -0.2) is 9.18 Å². The summed E-state index contributed by atoms with van der Waals surface area (Å²) in [5, 5.41) is 5.11. The lowest BCUT2D eigenvalue weighted by molar-refractivity contribution is 0.0529. The first-order chi connectivity index (χ1) is 13.0. The Morgan fingerprint density at radius 3 is 2.52 bits per heavy atom. The number of benzene rings is 2. The summed E-state index contributed by atoms with van der Waals surface area (Å²) in [6.07, 6.45) is 0. The van der Waals surface area contributed by atoms with Crippen molar-refractivity contribution in [2.75, 3.05) is 11.9 Å². The zero-order valence-electron chi connectivity index (χ0n) is 14.3. The third kappa shape index (κ3) is 4.18. The Kier molecular flexibility index (Phi) is 5.88. The number of carbonyl (C=O) groups is 2. The van der Waals surface area contributed by atoms with Gasteiger partial charge in [0.05, 0.1) is 17.2 Å². The smallest absolute Gasteiger partial charge is 0.341 e. The second kappa shape index (κ2) is 8.33. The van der Waals surface area contributed by atoms with Crippen molar-refractivity contribution < 1.29 is 18.7 Å². The van der Waals surface area contributed by atoms with Crippen molar-refractivity contribution >= 4 is 39.8 Å². The van der Waals surface area contributed by atoms with Crippen molar-refractivity contribution in [2.45, 2.75) is 6.92 Å². The third-order valence-corrected chi connectivity index (χ3v) is 5.00. The van der Waals surface area contributed by atoms with E-state index in [9.17, 15) is 14.0 Å². The maximum atomic E-state index is 13.2. The van der Waals surface area contributed by atoms with Gasteiger partial charge in [-0.2, -0.15) is 0 Å². The Morgan fingerprint density at radius 1 is 1.15 bits per heavy atom. The molecule has 0 atom stereocenters. The van der Waals surface area contributed by atoms with Crippen LogP contribution >= 0.6 is 22.9 Å². The fourth-order valence-electron chi connectivity index (χ4n) is 2.51. The van der Waals surface area contributed by atoms with E-state index in [1.54, 1.807) is 48.7 Å². The van der Waals surface area contributed by atoms with Crippen molar-refractivity contribution in [2.24, 2.45) is 0 Å². The molecule has 2 aromatic carbocycles. The molecule has 0 aliphatic heterocycles. The van der Waals surface area contributed by atoms with E-state index in [4.69, 9.17) is 16.3 Å². The van der Waals surface area contributed by atoms with Crippen LogP contribution < -0.4 is 5.32 Å². The topological polar surface area (TPSA) is 55.4 Å². The lowest BCUT2D eigenvalue weighted by Gasteiger charge is -2.09. The summed E-state index contributed by atoms with van der Waals surface area (Å²) in [4.78, 5) is 25.1. The Labute approximate surface area is 164 Å². The number of thiophene rings is 1. The van der Waals surface area contributed by atoms with E-state index in [-0.39, 0.29) is 18.0 Å². The summed E-state index contributed by atoms with van der Waals surface area (Å²) in [5.74, 6) is -1.37. The van der Waals surface area contributed by atoms with E-state index in [1.807, 2.05) is 0 Å². The zero-order valence-corrected chi connectivity index (χ0v) is 15.9. The van der Waals surface area contributed by atoms with Crippen molar-refractivity contribution in [3.63, 3.8) is 0 Å². The second-order valence-electron chi connectivity index (χ2n) is 5.51. The minimum atomic E-state index is -0.562. The average Bonchev–Trinajstić information content (AvgIpc) is 3.06. The summed E-state index contributed by atoms with van der Waals surface area (Å²) in [7, 11) is 0. The summed E-state index contributed by atoms with van der Waals surface area (Å²) < 4.78 is 18.4. The predicted octanol–water partition coefficient (Wildman–Crippen LogP) is 5.64. The van der Waals surface area contributed by atoms with Crippen LogP contribution in [-0.2, 0) is 4.74 Å². The number of esters is 1. The molecule has 0 fully saturated rings. The van der Waals surface area contributed by atoms with Crippen molar-refractivity contribution in [3.8, 4) is 11.1 Å². The van der Waals surface area contributed by atoms with Gasteiger partial charge in [-0.15, -0.1) is 11.3 Å². The normalized spacial score (nSPS) is 10.5. The van der Waals surface area contributed by atoms with Gasteiger partial charge in [-0.05, 0) is 36.8 Å². The standard InChI is InChI=1S/C20H15ClFNO3S/c1-2-26-20(25)17-15(12-7-9-13(22)10-8-12)11-27-19(17)23-18(24)14-5-3-4-6-16(14)21/h3-11H,2H2,1H3,(H,23,24). The average molecular weight is 404 g/mol. The maximum Gasteiger partial charge on any atom is 0.341 e. The van der Waals surface area contributed by atoms with Gasteiger partial charge in [0.15, 0.2) is 0 Å². The molecule has 0 saturated heterocycles. The number of hydrogen-bond donors (Lipinski definition) is 1.